The summed E-state index contributed by atoms with van der Waals surface area (Å²) in [5, 5.41) is 8.78. The summed E-state index contributed by atoms with van der Waals surface area (Å²) in [6.45, 7) is 10.6. The summed E-state index contributed by atoms with van der Waals surface area (Å²) in [6.07, 6.45) is 0.0294. The predicted octanol–water partition coefficient (Wildman–Crippen LogP) is 6.50. The van der Waals surface area contributed by atoms with Crippen LogP contribution in [-0.2, 0) is 57.7 Å². The number of piperidine rings is 1. The zero-order valence-corrected chi connectivity index (χ0v) is 48.9. The van der Waals surface area contributed by atoms with Gasteiger partial charge in [-0.2, -0.15) is 0 Å². The standard InChI is InChI=1S/C59H74F4N10O11S/c1-38-52(85-37-69-38)41-13-9-40(10-14-41)32-66-55(78)47-8-7-22-73(47)57(79)53(58(2,3)4)70-50(75)19-25-81-27-29-82-28-26-80-24-18-49(74)65-20-5-6-21-71-35-46(68-36-71)42-31-44(54(64)77)56(67-33-42)83-48-17-23-72(34-45(48)60)51(76)30-39-11-15-43(16-12-39)84-59(61,62)63/h9-16,31,33,35-37,45,47-48,53H,5-8,17-30,32,34H2,1-4H3,(H2,64,77)(H,65,74)(H,66,78)(H,70,75)/t45-,47+,48-,53-/m1/s1. The first kappa shape index (κ1) is 65.0. The van der Waals surface area contributed by atoms with Crippen molar-refractivity contribution in [3.63, 3.8) is 0 Å². The molecule has 5 N–H and O–H groups in total. The number of likely N-dealkylation sites (tertiary alicyclic amines) is 2. The molecule has 7 rings (SSSR count). The minimum absolute atomic E-state index is 0.0316. The largest absolute Gasteiger partial charge is 0.573 e. The number of aryl methyl sites for hydroxylation is 2. The van der Waals surface area contributed by atoms with Crippen LogP contribution in [0.4, 0.5) is 17.6 Å². The van der Waals surface area contributed by atoms with E-state index >= 15 is 4.39 Å². The van der Waals surface area contributed by atoms with Gasteiger partial charge >= 0.3 is 6.36 Å². The zero-order valence-electron chi connectivity index (χ0n) is 48.1. The van der Waals surface area contributed by atoms with Crippen molar-refractivity contribution in [2.24, 2.45) is 11.1 Å². The van der Waals surface area contributed by atoms with Gasteiger partial charge in [0.25, 0.3) is 5.91 Å². The van der Waals surface area contributed by atoms with Gasteiger partial charge in [0.1, 0.15) is 29.5 Å². The second-order valence-electron chi connectivity index (χ2n) is 21.7. The molecule has 5 aromatic rings. The van der Waals surface area contributed by atoms with Crippen LogP contribution in [-0.4, -0.2) is 161 Å². The Morgan fingerprint density at radius 1 is 0.812 bits per heavy atom. The highest BCUT2D eigenvalue weighted by atomic mass is 32.1. The van der Waals surface area contributed by atoms with Crippen molar-refractivity contribution in [3.8, 4) is 33.3 Å². The number of benzene rings is 2. The molecule has 0 saturated carbocycles. The summed E-state index contributed by atoms with van der Waals surface area (Å²) in [6, 6.07) is 12.8. The van der Waals surface area contributed by atoms with Crippen molar-refractivity contribution in [3.05, 3.63) is 101 Å². The highest BCUT2D eigenvalue weighted by Gasteiger charge is 2.42. The van der Waals surface area contributed by atoms with Crippen LogP contribution in [0.25, 0.3) is 21.7 Å². The number of nitrogens with zero attached hydrogens (tertiary/aromatic N) is 6. The highest BCUT2D eigenvalue weighted by Crippen LogP contribution is 2.31. The molecule has 4 atom stereocenters. The number of pyridine rings is 1. The molecule has 460 valence electrons. The van der Waals surface area contributed by atoms with Crippen LogP contribution in [0.3, 0.4) is 0 Å². The van der Waals surface area contributed by atoms with Crippen molar-refractivity contribution in [2.45, 2.75) is 123 Å². The summed E-state index contributed by atoms with van der Waals surface area (Å²) in [5.74, 6) is -2.88. The van der Waals surface area contributed by atoms with E-state index in [9.17, 15) is 41.9 Å². The quantitative estimate of drug-likeness (QED) is 0.0283. The van der Waals surface area contributed by atoms with Crippen LogP contribution in [0.2, 0.25) is 0 Å². The number of imidazole rings is 1. The number of halogens is 4. The molecule has 0 bridgehead atoms. The molecule has 2 saturated heterocycles. The maximum Gasteiger partial charge on any atom is 0.573 e. The van der Waals surface area contributed by atoms with Gasteiger partial charge in [-0.1, -0.05) is 57.2 Å². The number of rotatable bonds is 30. The summed E-state index contributed by atoms with van der Waals surface area (Å²) >= 11 is 1.58. The molecule has 3 aromatic heterocycles. The number of amides is 6. The zero-order chi connectivity index (χ0) is 61.1. The third-order valence-corrected chi connectivity index (χ3v) is 15.2. The van der Waals surface area contributed by atoms with E-state index in [2.05, 4.69) is 35.6 Å². The Morgan fingerprint density at radius 2 is 1.49 bits per heavy atom. The number of hydrogen-bond acceptors (Lipinski definition) is 15. The lowest BCUT2D eigenvalue weighted by atomic mass is 9.85. The van der Waals surface area contributed by atoms with E-state index in [-0.39, 0.29) is 113 Å². The van der Waals surface area contributed by atoms with Gasteiger partial charge in [0.2, 0.25) is 35.4 Å². The minimum atomic E-state index is -4.85. The fourth-order valence-corrected chi connectivity index (χ4v) is 10.4. The van der Waals surface area contributed by atoms with Gasteiger partial charge in [-0.15, -0.1) is 24.5 Å². The number of alkyl halides is 4. The summed E-state index contributed by atoms with van der Waals surface area (Å²) in [5.41, 5.74) is 11.2. The molecular weight excluding hydrogens is 1130 g/mol. The molecule has 6 amide bonds. The number of thiazole rings is 1. The van der Waals surface area contributed by atoms with Crippen molar-refractivity contribution in [1.29, 1.82) is 0 Å². The molecule has 0 unspecified atom stereocenters. The normalized spacial score (nSPS) is 16.6. The number of nitrogens with one attached hydrogen (secondary N) is 3. The molecule has 0 radical (unpaired) electrons. The van der Waals surface area contributed by atoms with Crippen molar-refractivity contribution in [2.75, 3.05) is 65.8 Å². The molecule has 2 aromatic carbocycles. The monoisotopic (exact) mass is 1210 g/mol. The lowest BCUT2D eigenvalue weighted by molar-refractivity contribution is -0.274. The number of hydrogen-bond donors (Lipinski definition) is 4. The number of aromatic nitrogens is 4. The lowest BCUT2D eigenvalue weighted by Crippen LogP contribution is -2.57. The average Bonchev–Trinajstić information content (AvgIpc) is 4.06. The Balaban J connectivity index is 0.700. The maximum absolute atomic E-state index is 15.4. The molecule has 5 heterocycles. The Bertz CT molecular complexity index is 3030. The summed E-state index contributed by atoms with van der Waals surface area (Å²) < 4.78 is 81.1. The number of carbonyl (C=O) groups excluding carboxylic acids is 6. The molecule has 0 aliphatic carbocycles. The van der Waals surface area contributed by atoms with Crippen LogP contribution in [0, 0.1) is 12.3 Å². The van der Waals surface area contributed by atoms with E-state index in [0.29, 0.717) is 62.3 Å². The van der Waals surface area contributed by atoms with Crippen molar-refractivity contribution >= 4 is 46.8 Å². The third kappa shape index (κ3) is 20.0. The fourth-order valence-electron chi connectivity index (χ4n) is 9.59. The predicted molar refractivity (Wildman–Crippen MR) is 306 cm³/mol. The summed E-state index contributed by atoms with van der Waals surface area (Å²) in [4.78, 5) is 95.2. The lowest BCUT2D eigenvalue weighted by Gasteiger charge is -2.35. The molecular formula is C59H74F4N10O11S. The first-order valence-electron chi connectivity index (χ1n) is 28.2. The fraction of sp³-hybridized carbons (Fsp3) is 0.508. The van der Waals surface area contributed by atoms with Crippen LogP contribution < -0.4 is 31.2 Å². The second-order valence-corrected chi connectivity index (χ2v) is 22.6. The molecule has 2 fully saturated rings. The van der Waals surface area contributed by atoms with Crippen molar-refractivity contribution in [1.82, 2.24) is 45.3 Å². The highest BCUT2D eigenvalue weighted by molar-refractivity contribution is 7.13. The number of carbonyl (C=O) groups is 6. The van der Waals surface area contributed by atoms with Crippen LogP contribution in [0.5, 0.6) is 11.6 Å². The SMILES string of the molecule is Cc1ncsc1-c1ccc(CNC(=O)[C@@H]2CCCN2C(=O)[C@@H](NC(=O)CCOCCOCCOCCC(=O)NCCCCn2cnc(-c3cnc(O[C@@H]4CCN(C(=O)Cc5ccc(OC(F)(F)F)cc5)C[C@H]4F)c(C(N)=O)c3)c2)C(C)(C)C)cc1. The first-order valence-corrected chi connectivity index (χ1v) is 29.1. The molecule has 2 aliphatic heterocycles. The van der Waals surface area contributed by atoms with Crippen LogP contribution >= 0.6 is 11.3 Å². The number of ether oxygens (including phenoxy) is 5. The third-order valence-electron chi connectivity index (χ3n) is 14.2. The average molecular weight is 1210 g/mol. The Kier molecular flexibility index (Phi) is 23.7. The van der Waals surface area contributed by atoms with Gasteiger partial charge in [0, 0.05) is 69.9 Å². The van der Waals surface area contributed by atoms with Gasteiger partial charge in [-0.3, -0.25) is 28.8 Å². The Labute approximate surface area is 494 Å². The van der Waals surface area contributed by atoms with Gasteiger partial charge in [-0.05, 0) is 72.9 Å². The summed E-state index contributed by atoms with van der Waals surface area (Å²) in [7, 11) is 0. The molecule has 0 spiro atoms. The number of unbranched alkanes of at least 4 members (excludes halogenated alkanes) is 1. The van der Waals surface area contributed by atoms with Gasteiger partial charge in [-0.25, -0.2) is 19.3 Å². The van der Waals surface area contributed by atoms with Crippen LogP contribution in [0.1, 0.15) is 92.9 Å². The van der Waals surface area contributed by atoms with Crippen LogP contribution in [0.15, 0.2) is 78.8 Å². The molecule has 26 heteroatoms. The number of nitrogens with two attached hydrogens (primary N) is 1. The van der Waals surface area contributed by atoms with E-state index < -0.39 is 53.7 Å². The van der Waals surface area contributed by atoms with Gasteiger partial charge < -0.3 is 59.7 Å². The van der Waals surface area contributed by atoms with E-state index in [4.69, 9.17) is 24.7 Å². The molecule has 2 aliphatic rings. The molecule has 21 nitrogen and oxygen atoms in total. The van der Waals surface area contributed by atoms with E-state index in [1.165, 1.54) is 29.3 Å². The Morgan fingerprint density at radius 3 is 2.14 bits per heavy atom. The topological polar surface area (TPSA) is 261 Å². The minimum Gasteiger partial charge on any atom is -0.471 e. The van der Waals surface area contributed by atoms with E-state index in [1.807, 2.05) is 62.0 Å². The number of primary amides is 1. The second kappa shape index (κ2) is 31.0. The maximum atomic E-state index is 15.4. The van der Waals surface area contributed by atoms with E-state index in [0.717, 1.165) is 40.3 Å². The van der Waals surface area contributed by atoms with Crippen molar-refractivity contribution < 1.29 is 70.0 Å². The van der Waals surface area contributed by atoms with Gasteiger partial charge in [0.05, 0.1) is 80.7 Å². The first-order chi connectivity index (χ1) is 40.6. The van der Waals surface area contributed by atoms with Gasteiger partial charge in [0.15, 0.2) is 6.17 Å². The molecule has 85 heavy (non-hydrogen) atoms. The van der Waals surface area contributed by atoms with E-state index in [1.54, 1.807) is 28.8 Å². The smallest absolute Gasteiger partial charge is 0.471 e. The Hall–Kier alpha value is -7.55.